The predicted octanol–water partition coefficient (Wildman–Crippen LogP) is 4.31. The van der Waals surface area contributed by atoms with Crippen LogP contribution in [0.2, 0.25) is 0 Å². The number of methoxy groups -OCH3 is 1. The van der Waals surface area contributed by atoms with Crippen molar-refractivity contribution < 1.29 is 13.2 Å². The molecular weight excluding hydrogens is 396 g/mol. The maximum atomic E-state index is 12.8. The topological polar surface area (TPSA) is 58.6 Å². The van der Waals surface area contributed by atoms with Crippen LogP contribution in [0, 0.1) is 0 Å². The fourth-order valence-electron chi connectivity index (χ4n) is 3.97. The van der Waals surface area contributed by atoms with E-state index in [1.807, 2.05) is 36.4 Å². The molecule has 1 heterocycles. The first-order valence-corrected chi connectivity index (χ1v) is 11.9. The first-order chi connectivity index (χ1) is 14.5. The second-order valence-electron chi connectivity index (χ2n) is 7.86. The van der Waals surface area contributed by atoms with Gasteiger partial charge in [-0.1, -0.05) is 42.8 Å². The quantitative estimate of drug-likeness (QED) is 0.614. The SMILES string of the molecule is COc1ccc2cc(S(=O)(=O)NCc3cccc(CN4CCCCC4)c3)ccc2c1. The van der Waals surface area contributed by atoms with E-state index < -0.39 is 10.0 Å². The van der Waals surface area contributed by atoms with Crippen LogP contribution in [0.15, 0.2) is 65.6 Å². The van der Waals surface area contributed by atoms with E-state index in [2.05, 4.69) is 21.8 Å². The van der Waals surface area contributed by atoms with Gasteiger partial charge < -0.3 is 4.74 Å². The summed E-state index contributed by atoms with van der Waals surface area (Å²) in [4.78, 5) is 2.74. The van der Waals surface area contributed by atoms with Gasteiger partial charge in [-0.25, -0.2) is 13.1 Å². The second kappa shape index (κ2) is 9.16. The fraction of sp³-hybridized carbons (Fsp3) is 0.333. The van der Waals surface area contributed by atoms with E-state index >= 15 is 0 Å². The van der Waals surface area contributed by atoms with Gasteiger partial charge >= 0.3 is 0 Å². The number of nitrogens with one attached hydrogen (secondary N) is 1. The first-order valence-electron chi connectivity index (χ1n) is 10.4. The Morgan fingerprint density at radius 1 is 0.900 bits per heavy atom. The molecule has 0 amide bonds. The van der Waals surface area contributed by atoms with E-state index in [-0.39, 0.29) is 11.4 Å². The molecule has 0 saturated carbocycles. The molecule has 0 spiro atoms. The van der Waals surface area contributed by atoms with Crippen LogP contribution in [0.1, 0.15) is 30.4 Å². The number of rotatable bonds is 7. The molecule has 3 aromatic rings. The van der Waals surface area contributed by atoms with Crippen LogP contribution in [0.25, 0.3) is 10.8 Å². The van der Waals surface area contributed by atoms with Crippen molar-refractivity contribution in [2.75, 3.05) is 20.2 Å². The van der Waals surface area contributed by atoms with E-state index in [1.54, 1.807) is 19.2 Å². The highest BCUT2D eigenvalue weighted by Crippen LogP contribution is 2.24. The van der Waals surface area contributed by atoms with Gasteiger partial charge in [-0.3, -0.25) is 4.90 Å². The van der Waals surface area contributed by atoms with Crippen molar-refractivity contribution in [2.24, 2.45) is 0 Å². The van der Waals surface area contributed by atoms with E-state index in [0.717, 1.165) is 41.7 Å². The number of piperidine rings is 1. The minimum atomic E-state index is -3.60. The van der Waals surface area contributed by atoms with Crippen LogP contribution < -0.4 is 9.46 Å². The fourth-order valence-corrected chi connectivity index (χ4v) is 5.02. The highest BCUT2D eigenvalue weighted by atomic mass is 32.2. The van der Waals surface area contributed by atoms with Gasteiger partial charge in [-0.2, -0.15) is 0 Å². The van der Waals surface area contributed by atoms with Gasteiger partial charge in [0.1, 0.15) is 5.75 Å². The third kappa shape index (κ3) is 5.01. The molecule has 1 N–H and O–H groups in total. The minimum Gasteiger partial charge on any atom is -0.497 e. The number of benzene rings is 3. The largest absolute Gasteiger partial charge is 0.497 e. The molecule has 5 nitrogen and oxygen atoms in total. The Morgan fingerprint density at radius 2 is 1.63 bits per heavy atom. The molecule has 0 aliphatic carbocycles. The van der Waals surface area contributed by atoms with Crippen molar-refractivity contribution in [3.63, 3.8) is 0 Å². The Hall–Kier alpha value is -2.41. The smallest absolute Gasteiger partial charge is 0.240 e. The molecule has 0 bridgehead atoms. The lowest BCUT2D eigenvalue weighted by molar-refractivity contribution is 0.221. The number of hydrogen-bond donors (Lipinski definition) is 1. The number of fused-ring (bicyclic) bond motifs is 1. The number of ether oxygens (including phenoxy) is 1. The molecule has 0 unspecified atom stereocenters. The lowest BCUT2D eigenvalue weighted by Gasteiger charge is -2.26. The highest BCUT2D eigenvalue weighted by Gasteiger charge is 2.15. The van der Waals surface area contributed by atoms with Gasteiger partial charge in [-0.15, -0.1) is 0 Å². The van der Waals surface area contributed by atoms with Crippen LogP contribution in [-0.4, -0.2) is 33.5 Å². The summed E-state index contributed by atoms with van der Waals surface area (Å²) in [5, 5.41) is 1.81. The van der Waals surface area contributed by atoms with Crippen molar-refractivity contribution in [1.82, 2.24) is 9.62 Å². The third-order valence-electron chi connectivity index (χ3n) is 5.64. The maximum Gasteiger partial charge on any atom is 0.240 e. The first kappa shape index (κ1) is 20.8. The molecule has 6 heteroatoms. The third-order valence-corrected chi connectivity index (χ3v) is 7.04. The standard InChI is InChI=1S/C24H28N2O3S/c1-29-23-10-8-22-16-24(11-9-21(22)15-23)30(27,28)25-17-19-6-5-7-20(14-19)18-26-12-3-2-4-13-26/h5-11,14-16,25H,2-4,12-13,17-18H2,1H3. The number of hydrogen-bond acceptors (Lipinski definition) is 4. The van der Waals surface area contributed by atoms with E-state index in [9.17, 15) is 8.42 Å². The Labute approximate surface area is 178 Å². The molecule has 3 aromatic carbocycles. The van der Waals surface area contributed by atoms with Crippen LogP contribution in [-0.2, 0) is 23.1 Å². The Balaban J connectivity index is 1.45. The zero-order valence-corrected chi connectivity index (χ0v) is 18.1. The summed E-state index contributed by atoms with van der Waals surface area (Å²) in [7, 11) is -1.98. The van der Waals surface area contributed by atoms with Gasteiger partial charge in [0, 0.05) is 13.1 Å². The normalized spacial score (nSPS) is 15.4. The number of nitrogens with zero attached hydrogens (tertiary/aromatic N) is 1. The van der Waals surface area contributed by atoms with Gasteiger partial charge in [-0.05, 0) is 72.1 Å². The van der Waals surface area contributed by atoms with Gasteiger partial charge in [0.05, 0.1) is 12.0 Å². The summed E-state index contributed by atoms with van der Waals surface area (Å²) in [5.41, 5.74) is 2.20. The summed E-state index contributed by atoms with van der Waals surface area (Å²) in [5.74, 6) is 0.751. The Morgan fingerprint density at radius 3 is 2.43 bits per heavy atom. The average Bonchev–Trinajstić information content (AvgIpc) is 2.78. The predicted molar refractivity (Wildman–Crippen MR) is 120 cm³/mol. The van der Waals surface area contributed by atoms with Gasteiger partial charge in [0.2, 0.25) is 10.0 Å². The molecule has 1 fully saturated rings. The Kier molecular flexibility index (Phi) is 6.37. The molecule has 1 aliphatic rings. The summed E-state index contributed by atoms with van der Waals surface area (Å²) in [6.45, 7) is 3.49. The average molecular weight is 425 g/mol. The van der Waals surface area contributed by atoms with Crippen molar-refractivity contribution in [3.05, 3.63) is 71.8 Å². The molecular formula is C24H28N2O3S. The number of sulfonamides is 1. The van der Waals surface area contributed by atoms with Crippen LogP contribution in [0.3, 0.4) is 0 Å². The van der Waals surface area contributed by atoms with E-state index in [1.165, 1.54) is 24.8 Å². The minimum absolute atomic E-state index is 0.268. The van der Waals surface area contributed by atoms with Crippen LogP contribution in [0.5, 0.6) is 5.75 Å². The lowest BCUT2D eigenvalue weighted by atomic mass is 10.1. The summed E-state index contributed by atoms with van der Waals surface area (Å²) in [6, 6.07) is 18.9. The molecule has 0 radical (unpaired) electrons. The molecule has 1 saturated heterocycles. The van der Waals surface area contributed by atoms with Crippen molar-refractivity contribution >= 4 is 20.8 Å². The zero-order valence-electron chi connectivity index (χ0n) is 17.3. The zero-order chi connectivity index (χ0) is 21.0. The van der Waals surface area contributed by atoms with Crippen molar-refractivity contribution in [1.29, 1.82) is 0 Å². The second-order valence-corrected chi connectivity index (χ2v) is 9.62. The molecule has 30 heavy (non-hydrogen) atoms. The molecule has 4 rings (SSSR count). The molecule has 1 aliphatic heterocycles. The van der Waals surface area contributed by atoms with Crippen LogP contribution >= 0.6 is 0 Å². The van der Waals surface area contributed by atoms with Crippen molar-refractivity contribution in [2.45, 2.75) is 37.2 Å². The Bertz CT molecular complexity index is 1120. The molecule has 0 atom stereocenters. The van der Waals surface area contributed by atoms with E-state index in [0.29, 0.717) is 0 Å². The van der Waals surface area contributed by atoms with Crippen LogP contribution in [0.4, 0.5) is 0 Å². The number of likely N-dealkylation sites (tertiary alicyclic amines) is 1. The summed E-state index contributed by atoms with van der Waals surface area (Å²) >= 11 is 0. The molecule has 158 valence electrons. The maximum absolute atomic E-state index is 12.8. The molecule has 0 aromatic heterocycles. The van der Waals surface area contributed by atoms with Crippen molar-refractivity contribution in [3.8, 4) is 5.75 Å². The van der Waals surface area contributed by atoms with Gasteiger partial charge in [0.15, 0.2) is 0 Å². The summed E-state index contributed by atoms with van der Waals surface area (Å²) in [6.07, 6.45) is 3.84. The monoisotopic (exact) mass is 424 g/mol. The van der Waals surface area contributed by atoms with Gasteiger partial charge in [0.25, 0.3) is 0 Å². The lowest BCUT2D eigenvalue weighted by Crippen LogP contribution is -2.29. The summed E-state index contributed by atoms with van der Waals surface area (Å²) < 4.78 is 33.6. The highest BCUT2D eigenvalue weighted by molar-refractivity contribution is 7.89. The van der Waals surface area contributed by atoms with E-state index in [4.69, 9.17) is 4.74 Å².